The Balaban J connectivity index is 0.000000686. The average Bonchev–Trinajstić information content (AvgIpc) is 2.42. The maximum atomic E-state index is 10.2. The molecule has 96 valence electrons. The van der Waals surface area contributed by atoms with Crippen molar-refractivity contribution in [1.82, 2.24) is 5.32 Å². The highest BCUT2D eigenvalue weighted by atomic mass is 16.1. The molecule has 2 nitrogen and oxygen atoms in total. The van der Waals surface area contributed by atoms with Crippen molar-refractivity contribution in [2.75, 3.05) is 6.54 Å². The molecule has 1 atom stereocenters. The van der Waals surface area contributed by atoms with Crippen molar-refractivity contribution in [1.29, 1.82) is 0 Å². The number of rotatable bonds is 4. The maximum absolute atomic E-state index is 10.2. The number of nitrogens with one attached hydrogen (secondary N) is 1. The molecule has 0 heterocycles. The molecular weight excluding hydrogens is 210 g/mol. The molecule has 2 aliphatic rings. The smallest absolute Gasteiger partial charge is 0.207 e. The molecule has 0 aromatic carbocycles. The highest BCUT2D eigenvalue weighted by molar-refractivity contribution is 5.45. The standard InChI is InChI=1S/C13H19NO.C2H6/c15-10-14-9-8-12-6-3-5-11-4-1-2-7-13(11)12;1-2/h1,4,10,12H,2-3,5-9H2,(H,14,15);1-2H3. The second-order valence-corrected chi connectivity index (χ2v) is 4.44. The summed E-state index contributed by atoms with van der Waals surface area (Å²) in [5.41, 5.74) is 3.26. The third-order valence-electron chi connectivity index (χ3n) is 3.52. The van der Waals surface area contributed by atoms with E-state index < -0.39 is 0 Å². The van der Waals surface area contributed by atoms with Gasteiger partial charge in [-0.25, -0.2) is 0 Å². The van der Waals surface area contributed by atoms with Crippen LogP contribution in [0.5, 0.6) is 0 Å². The van der Waals surface area contributed by atoms with E-state index in [0.717, 1.165) is 25.3 Å². The molecule has 2 heteroatoms. The topological polar surface area (TPSA) is 29.1 Å². The van der Waals surface area contributed by atoms with E-state index in [1.807, 2.05) is 13.8 Å². The van der Waals surface area contributed by atoms with Crippen LogP contribution in [0.3, 0.4) is 0 Å². The van der Waals surface area contributed by atoms with Crippen LogP contribution >= 0.6 is 0 Å². The van der Waals surface area contributed by atoms with E-state index in [2.05, 4.69) is 17.5 Å². The van der Waals surface area contributed by atoms with Gasteiger partial charge in [-0.05, 0) is 50.0 Å². The molecule has 1 unspecified atom stereocenters. The van der Waals surface area contributed by atoms with Crippen LogP contribution in [0.4, 0.5) is 0 Å². The van der Waals surface area contributed by atoms with Gasteiger partial charge in [0, 0.05) is 6.54 Å². The van der Waals surface area contributed by atoms with Gasteiger partial charge >= 0.3 is 0 Å². The van der Waals surface area contributed by atoms with Crippen LogP contribution in [-0.2, 0) is 4.79 Å². The van der Waals surface area contributed by atoms with Crippen molar-refractivity contribution in [3.63, 3.8) is 0 Å². The van der Waals surface area contributed by atoms with Gasteiger partial charge < -0.3 is 5.32 Å². The second kappa shape index (κ2) is 8.10. The van der Waals surface area contributed by atoms with Gasteiger partial charge in [-0.15, -0.1) is 0 Å². The summed E-state index contributed by atoms with van der Waals surface area (Å²) in [6.07, 6.45) is 12.9. The van der Waals surface area contributed by atoms with Gasteiger partial charge in [0.1, 0.15) is 0 Å². The maximum Gasteiger partial charge on any atom is 0.207 e. The molecule has 1 amide bonds. The molecule has 0 aliphatic heterocycles. The lowest BCUT2D eigenvalue weighted by atomic mass is 9.77. The van der Waals surface area contributed by atoms with Crippen LogP contribution in [-0.4, -0.2) is 13.0 Å². The van der Waals surface area contributed by atoms with E-state index in [4.69, 9.17) is 0 Å². The number of hydrogen-bond acceptors (Lipinski definition) is 1. The Morgan fingerprint density at radius 1 is 1.41 bits per heavy atom. The van der Waals surface area contributed by atoms with Crippen LogP contribution in [0.2, 0.25) is 0 Å². The summed E-state index contributed by atoms with van der Waals surface area (Å²) in [5.74, 6) is 0.728. The normalized spacial score (nSPS) is 22.4. The molecule has 0 radical (unpaired) electrons. The van der Waals surface area contributed by atoms with Gasteiger partial charge in [-0.2, -0.15) is 0 Å². The number of carbonyl (C=O) groups excluding carboxylic acids is 1. The van der Waals surface area contributed by atoms with E-state index in [-0.39, 0.29) is 0 Å². The van der Waals surface area contributed by atoms with Gasteiger partial charge in [0.15, 0.2) is 0 Å². The number of allylic oxidation sites excluding steroid dienone is 4. The van der Waals surface area contributed by atoms with E-state index in [0.29, 0.717) is 0 Å². The SMILES string of the molecule is CC.O=CNCCC1CCCC2=C1CCC=C2. The van der Waals surface area contributed by atoms with Crippen molar-refractivity contribution >= 4 is 6.41 Å². The molecule has 17 heavy (non-hydrogen) atoms. The van der Waals surface area contributed by atoms with Crippen LogP contribution < -0.4 is 5.32 Å². The molecule has 0 spiro atoms. The summed E-state index contributed by atoms with van der Waals surface area (Å²) in [5, 5.41) is 2.77. The van der Waals surface area contributed by atoms with E-state index in [1.54, 1.807) is 11.1 Å². The number of carbonyl (C=O) groups is 1. The fraction of sp³-hybridized carbons (Fsp3) is 0.667. The Kier molecular flexibility index (Phi) is 6.68. The number of hydrogen-bond donors (Lipinski definition) is 1. The first-order chi connectivity index (χ1) is 8.42. The lowest BCUT2D eigenvalue weighted by Gasteiger charge is -2.29. The molecule has 0 saturated carbocycles. The highest BCUT2D eigenvalue weighted by Gasteiger charge is 2.22. The fourth-order valence-electron chi connectivity index (χ4n) is 2.79. The number of amides is 1. The third kappa shape index (κ3) is 4.03. The van der Waals surface area contributed by atoms with Crippen LogP contribution in [0.25, 0.3) is 0 Å². The Labute approximate surface area is 105 Å². The Morgan fingerprint density at radius 2 is 2.24 bits per heavy atom. The largest absolute Gasteiger partial charge is 0.359 e. The first kappa shape index (κ1) is 14.0. The van der Waals surface area contributed by atoms with E-state index in [1.165, 1.54) is 32.1 Å². The highest BCUT2D eigenvalue weighted by Crippen LogP contribution is 2.37. The molecule has 2 rings (SSSR count). The minimum Gasteiger partial charge on any atom is -0.359 e. The zero-order chi connectivity index (χ0) is 12.5. The van der Waals surface area contributed by atoms with Crippen molar-refractivity contribution < 1.29 is 4.79 Å². The molecule has 0 aromatic rings. The van der Waals surface area contributed by atoms with Gasteiger partial charge in [0.2, 0.25) is 6.41 Å². The lowest BCUT2D eigenvalue weighted by Crippen LogP contribution is -2.20. The average molecular weight is 235 g/mol. The van der Waals surface area contributed by atoms with Crippen molar-refractivity contribution in [3.05, 3.63) is 23.3 Å². The molecule has 0 bridgehead atoms. The lowest BCUT2D eigenvalue weighted by molar-refractivity contribution is -0.109. The minimum atomic E-state index is 0.728. The van der Waals surface area contributed by atoms with Gasteiger partial charge in [-0.3, -0.25) is 4.79 Å². The van der Waals surface area contributed by atoms with E-state index in [9.17, 15) is 4.79 Å². The van der Waals surface area contributed by atoms with Gasteiger partial charge in [0.25, 0.3) is 0 Å². The summed E-state index contributed by atoms with van der Waals surface area (Å²) in [4.78, 5) is 10.2. The third-order valence-corrected chi connectivity index (χ3v) is 3.52. The van der Waals surface area contributed by atoms with Crippen molar-refractivity contribution in [2.45, 2.75) is 52.4 Å². The minimum absolute atomic E-state index is 0.728. The summed E-state index contributed by atoms with van der Waals surface area (Å²) in [7, 11) is 0. The first-order valence-electron chi connectivity index (χ1n) is 6.97. The molecule has 2 aliphatic carbocycles. The molecule has 0 saturated heterocycles. The Morgan fingerprint density at radius 3 is 3.00 bits per heavy atom. The fourth-order valence-corrected chi connectivity index (χ4v) is 2.79. The predicted octanol–water partition coefficient (Wildman–Crippen LogP) is 3.60. The second-order valence-electron chi connectivity index (χ2n) is 4.44. The van der Waals surface area contributed by atoms with Gasteiger partial charge in [-0.1, -0.05) is 31.6 Å². The Hall–Kier alpha value is -1.05. The van der Waals surface area contributed by atoms with Gasteiger partial charge in [0.05, 0.1) is 0 Å². The summed E-state index contributed by atoms with van der Waals surface area (Å²) in [6.45, 7) is 4.83. The van der Waals surface area contributed by atoms with Crippen molar-refractivity contribution in [3.8, 4) is 0 Å². The quantitative estimate of drug-likeness (QED) is 0.585. The Bertz CT molecular complexity index is 291. The predicted molar refractivity (Wildman–Crippen MR) is 72.8 cm³/mol. The van der Waals surface area contributed by atoms with E-state index >= 15 is 0 Å². The first-order valence-corrected chi connectivity index (χ1v) is 6.97. The molecular formula is C15H25NO. The summed E-state index contributed by atoms with van der Waals surface area (Å²) >= 11 is 0. The summed E-state index contributed by atoms with van der Waals surface area (Å²) in [6, 6.07) is 0. The van der Waals surface area contributed by atoms with Crippen molar-refractivity contribution in [2.24, 2.45) is 5.92 Å². The zero-order valence-electron chi connectivity index (χ0n) is 11.2. The molecule has 1 N–H and O–H groups in total. The summed E-state index contributed by atoms with van der Waals surface area (Å²) < 4.78 is 0. The monoisotopic (exact) mass is 235 g/mol. The van der Waals surface area contributed by atoms with Crippen LogP contribution in [0, 0.1) is 5.92 Å². The van der Waals surface area contributed by atoms with Crippen LogP contribution in [0.15, 0.2) is 23.3 Å². The zero-order valence-corrected chi connectivity index (χ0v) is 11.2. The molecule has 0 aromatic heterocycles. The molecule has 0 fully saturated rings. The van der Waals surface area contributed by atoms with Crippen LogP contribution in [0.1, 0.15) is 52.4 Å².